The lowest BCUT2D eigenvalue weighted by Crippen LogP contribution is -2.61. The fraction of sp³-hybridized carbons (Fsp3) is 0.702. The number of esters is 1. The van der Waals surface area contributed by atoms with Crippen LogP contribution in [0.25, 0.3) is 0 Å². The van der Waals surface area contributed by atoms with E-state index in [9.17, 15) is 40.5 Å². The molecule has 2 rings (SSSR count). The maximum Gasteiger partial charge on any atom is 0.306 e. The van der Waals surface area contributed by atoms with Crippen molar-refractivity contribution in [3.63, 3.8) is 0 Å². The quantitative estimate of drug-likeness (QED) is 0.0174. The number of ether oxygens (including phenoxy) is 6. The zero-order valence-electron chi connectivity index (χ0n) is 43.2. The van der Waals surface area contributed by atoms with Gasteiger partial charge in [-0.25, -0.2) is 0 Å². The van der Waals surface area contributed by atoms with E-state index in [1.54, 1.807) is 0 Å². The summed E-state index contributed by atoms with van der Waals surface area (Å²) < 4.78 is 34.2. The number of unbranched alkanes of at least 4 members (excludes halogenated alkanes) is 11. The summed E-state index contributed by atoms with van der Waals surface area (Å²) in [6, 6.07) is 0. The van der Waals surface area contributed by atoms with Crippen LogP contribution in [0.4, 0.5) is 0 Å². The normalized spacial score (nSPS) is 26.1. The summed E-state index contributed by atoms with van der Waals surface area (Å²) in [7, 11) is 0. The number of rotatable bonds is 41. The van der Waals surface area contributed by atoms with Gasteiger partial charge in [0.15, 0.2) is 12.6 Å². The number of carbonyl (C=O) groups is 1. The fourth-order valence-corrected chi connectivity index (χ4v) is 7.74. The molecule has 2 heterocycles. The van der Waals surface area contributed by atoms with Gasteiger partial charge in [-0.3, -0.25) is 4.79 Å². The second-order valence-corrected chi connectivity index (χ2v) is 18.3. The van der Waals surface area contributed by atoms with Crippen molar-refractivity contribution in [3.8, 4) is 0 Å². The highest BCUT2D eigenvalue weighted by atomic mass is 16.7. The van der Waals surface area contributed by atoms with Crippen LogP contribution >= 0.6 is 0 Å². The van der Waals surface area contributed by atoms with Gasteiger partial charge >= 0.3 is 5.97 Å². The Labute approximate surface area is 426 Å². The lowest BCUT2D eigenvalue weighted by molar-refractivity contribution is -0.332. The summed E-state index contributed by atoms with van der Waals surface area (Å²) in [5, 5.41) is 72.2. The first kappa shape index (κ1) is 64.0. The molecule has 2 fully saturated rings. The first-order valence-electron chi connectivity index (χ1n) is 26.8. The molecule has 2 aliphatic rings. The smallest absolute Gasteiger partial charge is 0.306 e. The second-order valence-electron chi connectivity index (χ2n) is 18.3. The minimum atomic E-state index is -1.72. The summed E-state index contributed by atoms with van der Waals surface area (Å²) in [6.07, 6.45) is 40.4. The standard InChI is InChI=1S/C57H94O14/c1-3-5-7-9-11-13-15-17-19-21-22-23-25-27-29-31-33-35-37-39-41-66-43-46(69-49(59)40-38-36-34-32-30-28-26-24-20-18-16-14-12-10-8-6-4-2)44-67-56-55(65)53(63)51(61)48(71-56)45-68-57-54(64)52(62)50(60)47(42-58)70-57/h6,8,11-14,17-20,22-23,26,28,32,34,46-48,50-58,60-65H,3-5,7,9-10,15-16,21,24-25,27,29-31,33,35-45H2,1-2H3/b8-6-,13-11-,14-12-,19-17-,20-18-,23-22-,28-26-,34-32-. The molecule has 0 aromatic rings. The van der Waals surface area contributed by atoms with Crippen molar-refractivity contribution in [1.29, 1.82) is 0 Å². The summed E-state index contributed by atoms with van der Waals surface area (Å²) >= 11 is 0. The molecule has 71 heavy (non-hydrogen) atoms. The van der Waals surface area contributed by atoms with Gasteiger partial charge in [0, 0.05) is 13.0 Å². The van der Waals surface area contributed by atoms with Gasteiger partial charge in [-0.15, -0.1) is 0 Å². The monoisotopic (exact) mass is 1000 g/mol. The van der Waals surface area contributed by atoms with Gasteiger partial charge in [-0.1, -0.05) is 156 Å². The van der Waals surface area contributed by atoms with Gasteiger partial charge in [-0.2, -0.15) is 0 Å². The minimum absolute atomic E-state index is 0.0254. The van der Waals surface area contributed by atoms with Gasteiger partial charge in [0.1, 0.15) is 54.9 Å². The third-order valence-corrected chi connectivity index (χ3v) is 12.1. The Morgan fingerprint density at radius 2 is 0.915 bits per heavy atom. The molecule has 0 bridgehead atoms. The second kappa shape index (κ2) is 43.3. The molecular weight excluding hydrogens is 909 g/mol. The first-order valence-corrected chi connectivity index (χ1v) is 26.8. The van der Waals surface area contributed by atoms with Gasteiger partial charge < -0.3 is 64.2 Å². The van der Waals surface area contributed by atoms with Gasteiger partial charge in [0.25, 0.3) is 0 Å². The average molecular weight is 1000 g/mol. The number of hydrogen-bond donors (Lipinski definition) is 7. The summed E-state index contributed by atoms with van der Waals surface area (Å²) in [6.45, 7) is 3.42. The van der Waals surface area contributed by atoms with E-state index in [0.29, 0.717) is 19.4 Å². The summed E-state index contributed by atoms with van der Waals surface area (Å²) in [4.78, 5) is 13.0. The predicted molar refractivity (Wildman–Crippen MR) is 279 cm³/mol. The predicted octanol–water partition coefficient (Wildman–Crippen LogP) is 8.63. The Hall–Kier alpha value is -3.09. The number of hydrogen-bond acceptors (Lipinski definition) is 14. The zero-order valence-corrected chi connectivity index (χ0v) is 43.2. The molecule has 0 aromatic heterocycles. The molecule has 2 saturated heterocycles. The number of aliphatic hydroxyl groups excluding tert-OH is 7. The fourth-order valence-electron chi connectivity index (χ4n) is 7.74. The van der Waals surface area contributed by atoms with Crippen LogP contribution in [0.1, 0.15) is 155 Å². The SMILES string of the molecule is CC/C=C\C/C=C\C/C=C\C/C=C\C/C=C\CCCC(=O)OC(COCCCCCCCCC/C=C\C/C=C\C/C=C\CCCCC)COC1OC(COC2OC(CO)C(O)C(O)C2O)C(O)C(O)C1O. The molecule has 2 aliphatic heterocycles. The van der Waals surface area contributed by atoms with Crippen LogP contribution in [0, 0.1) is 0 Å². The van der Waals surface area contributed by atoms with Crippen molar-refractivity contribution in [2.75, 3.05) is 33.0 Å². The van der Waals surface area contributed by atoms with Crippen LogP contribution in [0.5, 0.6) is 0 Å². The van der Waals surface area contributed by atoms with Crippen LogP contribution in [0.3, 0.4) is 0 Å². The van der Waals surface area contributed by atoms with Gasteiger partial charge in [0.2, 0.25) is 0 Å². The molecule has 14 heteroatoms. The Kier molecular flexibility index (Phi) is 39.1. The van der Waals surface area contributed by atoms with E-state index in [4.69, 9.17) is 28.4 Å². The number of allylic oxidation sites excluding steroid dienone is 16. The van der Waals surface area contributed by atoms with Crippen molar-refractivity contribution in [2.24, 2.45) is 0 Å². The van der Waals surface area contributed by atoms with Gasteiger partial charge in [-0.05, 0) is 89.9 Å². The Balaban J connectivity index is 1.79. The van der Waals surface area contributed by atoms with Crippen LogP contribution in [-0.2, 0) is 33.2 Å². The number of aliphatic hydroxyl groups is 7. The first-order chi connectivity index (χ1) is 34.6. The maximum absolute atomic E-state index is 13.0. The Morgan fingerprint density at radius 1 is 0.479 bits per heavy atom. The Morgan fingerprint density at radius 3 is 1.44 bits per heavy atom. The Bertz CT molecular complexity index is 1540. The van der Waals surface area contributed by atoms with Crippen molar-refractivity contribution >= 4 is 5.97 Å². The summed E-state index contributed by atoms with van der Waals surface area (Å²) in [5.74, 6) is -0.440. The molecule has 0 radical (unpaired) electrons. The molecule has 11 unspecified atom stereocenters. The van der Waals surface area contributed by atoms with Crippen molar-refractivity contribution in [3.05, 3.63) is 97.2 Å². The third kappa shape index (κ3) is 30.6. The highest BCUT2D eigenvalue weighted by molar-refractivity contribution is 5.69. The molecular formula is C57H94O14. The third-order valence-electron chi connectivity index (χ3n) is 12.1. The maximum atomic E-state index is 13.0. The van der Waals surface area contributed by atoms with Crippen molar-refractivity contribution < 1.29 is 69.0 Å². The molecule has 0 amide bonds. The molecule has 7 N–H and O–H groups in total. The highest BCUT2D eigenvalue weighted by Crippen LogP contribution is 2.26. The van der Waals surface area contributed by atoms with E-state index in [1.807, 2.05) is 6.08 Å². The van der Waals surface area contributed by atoms with E-state index in [2.05, 4.69) is 105 Å². The molecule has 0 aromatic carbocycles. The molecule has 0 saturated carbocycles. The van der Waals surface area contributed by atoms with E-state index < -0.39 is 86.7 Å². The highest BCUT2D eigenvalue weighted by Gasteiger charge is 2.47. The zero-order chi connectivity index (χ0) is 51.6. The van der Waals surface area contributed by atoms with E-state index in [-0.39, 0.29) is 19.6 Å². The van der Waals surface area contributed by atoms with Crippen LogP contribution in [-0.4, -0.2) is 142 Å². The minimum Gasteiger partial charge on any atom is -0.457 e. The molecule has 0 aliphatic carbocycles. The lowest BCUT2D eigenvalue weighted by atomic mass is 9.98. The number of carbonyl (C=O) groups excluding carboxylic acids is 1. The van der Waals surface area contributed by atoms with E-state index >= 15 is 0 Å². The topological polar surface area (TPSA) is 214 Å². The average Bonchev–Trinajstić information content (AvgIpc) is 3.37. The molecule has 0 spiro atoms. The molecule has 406 valence electrons. The van der Waals surface area contributed by atoms with Crippen LogP contribution < -0.4 is 0 Å². The van der Waals surface area contributed by atoms with Crippen molar-refractivity contribution in [2.45, 2.75) is 223 Å². The lowest BCUT2D eigenvalue weighted by Gasteiger charge is -2.42. The van der Waals surface area contributed by atoms with Gasteiger partial charge in [0.05, 0.1) is 26.4 Å². The molecule has 14 nitrogen and oxygen atoms in total. The summed E-state index contributed by atoms with van der Waals surface area (Å²) in [5.41, 5.74) is 0. The molecule has 11 atom stereocenters. The van der Waals surface area contributed by atoms with E-state index in [1.165, 1.54) is 44.9 Å². The van der Waals surface area contributed by atoms with E-state index in [0.717, 1.165) is 77.0 Å². The van der Waals surface area contributed by atoms with Crippen molar-refractivity contribution in [1.82, 2.24) is 0 Å². The van der Waals surface area contributed by atoms with Crippen LogP contribution in [0.2, 0.25) is 0 Å². The van der Waals surface area contributed by atoms with Crippen LogP contribution in [0.15, 0.2) is 97.2 Å². The largest absolute Gasteiger partial charge is 0.457 e.